The number of imidazole rings is 1. The van der Waals surface area contributed by atoms with Crippen LogP contribution in [0.25, 0.3) is 0 Å². The molecule has 1 aromatic heterocycles. The SMILES string of the molecule is COc1cc(F)c(CN2CCC3(CC2)c2nc[nH]c2CCN3C)cc1OC. The van der Waals surface area contributed by atoms with Gasteiger partial charge in [0.2, 0.25) is 0 Å². The Labute approximate surface area is 159 Å². The van der Waals surface area contributed by atoms with Crippen molar-refractivity contribution in [2.45, 2.75) is 31.3 Å². The largest absolute Gasteiger partial charge is 0.493 e. The Kier molecular flexibility index (Phi) is 4.82. The van der Waals surface area contributed by atoms with Gasteiger partial charge < -0.3 is 14.5 Å². The van der Waals surface area contributed by atoms with E-state index in [1.54, 1.807) is 13.2 Å². The van der Waals surface area contributed by atoms with Crippen molar-refractivity contribution in [1.82, 2.24) is 19.8 Å². The highest BCUT2D eigenvalue weighted by atomic mass is 19.1. The lowest BCUT2D eigenvalue weighted by molar-refractivity contribution is 0.0218. The highest BCUT2D eigenvalue weighted by Crippen LogP contribution is 2.41. The van der Waals surface area contributed by atoms with Crippen molar-refractivity contribution in [3.8, 4) is 11.5 Å². The summed E-state index contributed by atoms with van der Waals surface area (Å²) >= 11 is 0. The topological polar surface area (TPSA) is 53.6 Å². The molecule has 2 aromatic rings. The average molecular weight is 374 g/mol. The number of halogens is 1. The van der Waals surface area contributed by atoms with Crippen molar-refractivity contribution < 1.29 is 13.9 Å². The van der Waals surface area contributed by atoms with E-state index >= 15 is 0 Å². The zero-order valence-corrected chi connectivity index (χ0v) is 16.2. The minimum atomic E-state index is -0.252. The molecule has 2 aliphatic rings. The third kappa shape index (κ3) is 3.08. The molecule has 0 saturated carbocycles. The Morgan fingerprint density at radius 1 is 1.15 bits per heavy atom. The molecule has 1 aromatic carbocycles. The molecule has 1 N–H and O–H groups in total. The Bertz CT molecular complexity index is 814. The lowest BCUT2D eigenvalue weighted by Crippen LogP contribution is -2.54. The fourth-order valence-electron chi connectivity index (χ4n) is 4.54. The molecule has 27 heavy (non-hydrogen) atoms. The van der Waals surface area contributed by atoms with Gasteiger partial charge in [0.05, 0.1) is 31.8 Å². The lowest BCUT2D eigenvalue weighted by Gasteiger charge is -2.49. The molecule has 1 spiro atoms. The van der Waals surface area contributed by atoms with Gasteiger partial charge in [-0.25, -0.2) is 9.37 Å². The number of aromatic nitrogens is 2. The van der Waals surface area contributed by atoms with E-state index in [1.165, 1.54) is 24.6 Å². The van der Waals surface area contributed by atoms with Crippen LogP contribution in [0.3, 0.4) is 0 Å². The van der Waals surface area contributed by atoms with Crippen LogP contribution in [0.5, 0.6) is 11.5 Å². The molecule has 0 atom stereocenters. The van der Waals surface area contributed by atoms with E-state index in [9.17, 15) is 4.39 Å². The van der Waals surface area contributed by atoms with E-state index in [4.69, 9.17) is 9.47 Å². The van der Waals surface area contributed by atoms with Gasteiger partial charge in [-0.1, -0.05) is 0 Å². The fraction of sp³-hybridized carbons (Fsp3) is 0.550. The number of likely N-dealkylation sites (N-methyl/N-ethyl adjacent to an activating group) is 1. The van der Waals surface area contributed by atoms with E-state index in [2.05, 4.69) is 26.8 Å². The molecule has 0 unspecified atom stereocenters. The summed E-state index contributed by atoms with van der Waals surface area (Å²) < 4.78 is 25.0. The van der Waals surface area contributed by atoms with Crippen LogP contribution in [0, 0.1) is 5.82 Å². The number of nitrogens with one attached hydrogen (secondary N) is 1. The number of rotatable bonds is 4. The van der Waals surface area contributed by atoms with Crippen molar-refractivity contribution in [3.05, 3.63) is 41.2 Å². The lowest BCUT2D eigenvalue weighted by atomic mass is 9.79. The number of fused-ring (bicyclic) bond motifs is 2. The molecule has 146 valence electrons. The van der Waals surface area contributed by atoms with Crippen LogP contribution in [-0.2, 0) is 18.5 Å². The van der Waals surface area contributed by atoms with Gasteiger partial charge in [-0.2, -0.15) is 0 Å². The number of piperidine rings is 1. The summed E-state index contributed by atoms with van der Waals surface area (Å²) in [4.78, 5) is 12.7. The molecule has 4 rings (SSSR count). The third-order valence-corrected chi connectivity index (χ3v) is 6.22. The zero-order valence-electron chi connectivity index (χ0n) is 16.2. The zero-order chi connectivity index (χ0) is 19.0. The first-order valence-electron chi connectivity index (χ1n) is 9.44. The van der Waals surface area contributed by atoms with Crippen molar-refractivity contribution in [3.63, 3.8) is 0 Å². The van der Waals surface area contributed by atoms with E-state index in [0.29, 0.717) is 23.6 Å². The third-order valence-electron chi connectivity index (χ3n) is 6.22. The number of ether oxygens (including phenoxy) is 2. The average Bonchev–Trinajstić information content (AvgIpc) is 3.17. The van der Waals surface area contributed by atoms with Gasteiger partial charge in [-0.3, -0.25) is 9.80 Å². The number of methoxy groups -OCH3 is 2. The summed E-state index contributed by atoms with van der Waals surface area (Å²) in [5, 5.41) is 0. The molecule has 7 heteroatoms. The Morgan fingerprint density at radius 3 is 2.56 bits per heavy atom. The predicted octanol–water partition coefficient (Wildman–Crippen LogP) is 2.55. The summed E-state index contributed by atoms with van der Waals surface area (Å²) in [6.45, 7) is 3.42. The quantitative estimate of drug-likeness (QED) is 0.891. The first kappa shape index (κ1) is 18.3. The Hall–Kier alpha value is -2.12. The number of benzene rings is 1. The van der Waals surface area contributed by atoms with Crippen LogP contribution in [0.1, 0.15) is 29.8 Å². The van der Waals surface area contributed by atoms with Gasteiger partial charge >= 0.3 is 0 Å². The molecular formula is C20H27FN4O2. The van der Waals surface area contributed by atoms with E-state index in [-0.39, 0.29) is 11.4 Å². The van der Waals surface area contributed by atoms with Crippen molar-refractivity contribution in [2.75, 3.05) is 40.9 Å². The van der Waals surface area contributed by atoms with Gasteiger partial charge in [0, 0.05) is 49.9 Å². The number of likely N-dealkylation sites (tertiary alicyclic amines) is 1. The van der Waals surface area contributed by atoms with Crippen molar-refractivity contribution in [1.29, 1.82) is 0 Å². The van der Waals surface area contributed by atoms with Gasteiger partial charge in [0.15, 0.2) is 11.5 Å². The normalized spacial score (nSPS) is 19.9. The minimum absolute atomic E-state index is 0.000224. The number of hydrogen-bond donors (Lipinski definition) is 1. The maximum Gasteiger partial charge on any atom is 0.163 e. The Morgan fingerprint density at radius 2 is 1.85 bits per heavy atom. The van der Waals surface area contributed by atoms with E-state index < -0.39 is 0 Å². The first-order valence-corrected chi connectivity index (χ1v) is 9.44. The molecule has 2 aliphatic heterocycles. The maximum absolute atomic E-state index is 14.5. The summed E-state index contributed by atoms with van der Waals surface area (Å²) in [7, 11) is 5.29. The molecular weight excluding hydrogens is 347 g/mol. The molecule has 1 saturated heterocycles. The number of hydrogen-bond acceptors (Lipinski definition) is 5. The van der Waals surface area contributed by atoms with Crippen molar-refractivity contribution in [2.24, 2.45) is 0 Å². The van der Waals surface area contributed by atoms with Gasteiger partial charge in [-0.15, -0.1) is 0 Å². The second-order valence-electron chi connectivity index (χ2n) is 7.51. The highest BCUT2D eigenvalue weighted by Gasteiger charge is 2.44. The number of aromatic amines is 1. The summed E-state index contributed by atoms with van der Waals surface area (Å²) in [5.74, 6) is 0.735. The summed E-state index contributed by atoms with van der Waals surface area (Å²) in [6, 6.07) is 3.15. The van der Waals surface area contributed by atoms with Crippen LogP contribution in [0.4, 0.5) is 4.39 Å². The maximum atomic E-state index is 14.5. The summed E-state index contributed by atoms with van der Waals surface area (Å²) in [5.41, 5.74) is 3.11. The van der Waals surface area contributed by atoms with E-state index in [0.717, 1.165) is 38.9 Å². The standard InChI is InChI=1S/C20H27FN4O2/c1-24-7-4-16-19(23-13-22-16)20(24)5-8-25(9-6-20)12-14-10-17(26-2)18(27-3)11-15(14)21/h10-11,13H,4-9,12H2,1-3H3,(H,22,23). The second kappa shape index (κ2) is 7.13. The molecule has 6 nitrogen and oxygen atoms in total. The molecule has 0 bridgehead atoms. The highest BCUT2D eigenvalue weighted by molar-refractivity contribution is 5.43. The fourth-order valence-corrected chi connectivity index (χ4v) is 4.54. The smallest absolute Gasteiger partial charge is 0.163 e. The first-order chi connectivity index (χ1) is 13.1. The number of nitrogens with zero attached hydrogens (tertiary/aromatic N) is 3. The van der Waals surface area contributed by atoms with Crippen LogP contribution in [0.15, 0.2) is 18.5 Å². The van der Waals surface area contributed by atoms with Crippen LogP contribution in [0.2, 0.25) is 0 Å². The van der Waals surface area contributed by atoms with Crippen LogP contribution >= 0.6 is 0 Å². The molecule has 3 heterocycles. The molecule has 1 fully saturated rings. The van der Waals surface area contributed by atoms with Crippen molar-refractivity contribution >= 4 is 0 Å². The molecule has 0 amide bonds. The molecule has 0 aliphatic carbocycles. The van der Waals surface area contributed by atoms with Gasteiger partial charge in [0.1, 0.15) is 5.82 Å². The predicted molar refractivity (Wildman–Crippen MR) is 101 cm³/mol. The molecule has 0 radical (unpaired) electrons. The second-order valence-corrected chi connectivity index (χ2v) is 7.51. The monoisotopic (exact) mass is 374 g/mol. The number of H-pyrrole nitrogens is 1. The van der Waals surface area contributed by atoms with Crippen LogP contribution in [-0.4, -0.2) is 60.7 Å². The minimum Gasteiger partial charge on any atom is -0.493 e. The van der Waals surface area contributed by atoms with Crippen LogP contribution < -0.4 is 9.47 Å². The summed E-state index contributed by atoms with van der Waals surface area (Å²) in [6.07, 6.45) is 4.83. The van der Waals surface area contributed by atoms with Gasteiger partial charge in [-0.05, 0) is 26.0 Å². The van der Waals surface area contributed by atoms with Gasteiger partial charge in [0.25, 0.3) is 0 Å². The Balaban J connectivity index is 1.50. The van der Waals surface area contributed by atoms with E-state index in [1.807, 2.05) is 6.33 Å².